The van der Waals surface area contributed by atoms with Crippen molar-refractivity contribution in [1.29, 1.82) is 0 Å². The summed E-state index contributed by atoms with van der Waals surface area (Å²) in [6, 6.07) is -1.03. The summed E-state index contributed by atoms with van der Waals surface area (Å²) in [7, 11) is -3.46. The minimum atomic E-state index is -3.46. The molecule has 0 heterocycles. The van der Waals surface area contributed by atoms with Gasteiger partial charge in [-0.15, -0.1) is 0 Å². The summed E-state index contributed by atoms with van der Waals surface area (Å²) in [5, 5.41) is 0. The molecule has 2 amide bonds. The van der Waals surface area contributed by atoms with Crippen molar-refractivity contribution in [2.75, 3.05) is 5.75 Å². The van der Waals surface area contributed by atoms with Crippen LogP contribution in [0.15, 0.2) is 0 Å². The van der Waals surface area contributed by atoms with Crippen LogP contribution in [0.5, 0.6) is 0 Å². The molecule has 0 rings (SSSR count). The predicted molar refractivity (Wildman–Crippen MR) is 36.8 cm³/mol. The van der Waals surface area contributed by atoms with E-state index < -0.39 is 16.1 Å². The van der Waals surface area contributed by atoms with Crippen LogP contribution >= 0.6 is 0 Å². The van der Waals surface area contributed by atoms with Crippen LogP contribution in [0.25, 0.3) is 0 Å². The van der Waals surface area contributed by atoms with Crippen molar-refractivity contribution in [3.63, 3.8) is 0 Å². The third-order valence-corrected chi connectivity index (χ3v) is 2.19. The molecule has 0 aliphatic rings. The first kappa shape index (κ1) is 9.22. The summed E-state index contributed by atoms with van der Waals surface area (Å²) in [5.74, 6) is -0.0735. The SMILES string of the molecule is CCCS(=O)(=O)NC(N)=O. The standard InChI is InChI=1S/C4H10N2O3S/c1-2-3-10(8,9)6-4(5)7/h2-3H2,1H3,(H3,5,6,7). The van der Waals surface area contributed by atoms with Gasteiger partial charge in [0.1, 0.15) is 0 Å². The Morgan fingerprint density at radius 1 is 1.60 bits per heavy atom. The maximum Gasteiger partial charge on any atom is 0.325 e. The Labute approximate surface area is 59.6 Å². The van der Waals surface area contributed by atoms with Gasteiger partial charge in [0.2, 0.25) is 10.0 Å². The van der Waals surface area contributed by atoms with Crippen molar-refractivity contribution in [3.05, 3.63) is 0 Å². The van der Waals surface area contributed by atoms with Gasteiger partial charge in [-0.1, -0.05) is 6.92 Å². The van der Waals surface area contributed by atoms with E-state index in [1.165, 1.54) is 0 Å². The summed E-state index contributed by atoms with van der Waals surface area (Å²) >= 11 is 0. The molecular weight excluding hydrogens is 156 g/mol. The van der Waals surface area contributed by atoms with Crippen molar-refractivity contribution in [3.8, 4) is 0 Å². The number of hydrogen-bond acceptors (Lipinski definition) is 3. The molecule has 60 valence electrons. The van der Waals surface area contributed by atoms with Crippen molar-refractivity contribution < 1.29 is 13.2 Å². The lowest BCUT2D eigenvalue weighted by Gasteiger charge is -1.99. The summed E-state index contributed by atoms with van der Waals surface area (Å²) < 4.78 is 22.9. The number of primary amides is 1. The Morgan fingerprint density at radius 3 is 2.40 bits per heavy atom. The fourth-order valence-corrected chi connectivity index (χ4v) is 1.42. The van der Waals surface area contributed by atoms with Gasteiger partial charge in [-0.25, -0.2) is 17.9 Å². The monoisotopic (exact) mass is 166 g/mol. The van der Waals surface area contributed by atoms with Crippen LogP contribution in [0.3, 0.4) is 0 Å². The van der Waals surface area contributed by atoms with Crippen LogP contribution in [0, 0.1) is 0 Å². The summed E-state index contributed by atoms with van der Waals surface area (Å²) in [4.78, 5) is 10.0. The van der Waals surface area contributed by atoms with E-state index in [1.54, 1.807) is 11.6 Å². The van der Waals surface area contributed by atoms with Gasteiger partial charge in [0, 0.05) is 0 Å². The Balaban J connectivity index is 4.02. The van der Waals surface area contributed by atoms with E-state index in [9.17, 15) is 13.2 Å². The van der Waals surface area contributed by atoms with Gasteiger partial charge in [-0.05, 0) is 6.42 Å². The van der Waals surface area contributed by atoms with Crippen LogP contribution in [0.1, 0.15) is 13.3 Å². The van der Waals surface area contributed by atoms with Crippen LogP contribution in [-0.4, -0.2) is 20.2 Å². The van der Waals surface area contributed by atoms with E-state index in [1.807, 2.05) is 0 Å². The highest BCUT2D eigenvalue weighted by Gasteiger charge is 2.09. The third kappa shape index (κ3) is 4.13. The highest BCUT2D eigenvalue weighted by Crippen LogP contribution is 1.86. The molecule has 0 saturated heterocycles. The van der Waals surface area contributed by atoms with E-state index in [0.29, 0.717) is 6.42 Å². The van der Waals surface area contributed by atoms with Gasteiger partial charge in [0.05, 0.1) is 5.75 Å². The third-order valence-electron chi connectivity index (χ3n) is 0.729. The Hall–Kier alpha value is -0.780. The molecule has 0 aliphatic carbocycles. The first-order chi connectivity index (χ1) is 4.48. The molecular formula is C4H10N2O3S. The zero-order valence-corrected chi connectivity index (χ0v) is 6.44. The average Bonchev–Trinajstić information content (AvgIpc) is 1.59. The van der Waals surface area contributed by atoms with Crippen molar-refractivity contribution in [2.45, 2.75) is 13.3 Å². The minimum absolute atomic E-state index is 0.0735. The zero-order valence-electron chi connectivity index (χ0n) is 5.62. The minimum Gasteiger partial charge on any atom is -0.351 e. The molecule has 5 nitrogen and oxygen atoms in total. The lowest BCUT2D eigenvalue weighted by Crippen LogP contribution is -2.36. The molecule has 3 N–H and O–H groups in total. The maximum atomic E-state index is 10.6. The predicted octanol–water partition coefficient (Wildman–Crippen LogP) is -0.605. The number of sulfonamides is 1. The lowest BCUT2D eigenvalue weighted by atomic mass is 10.6. The van der Waals surface area contributed by atoms with E-state index in [2.05, 4.69) is 5.73 Å². The second-order valence-electron chi connectivity index (χ2n) is 1.79. The number of nitrogens with two attached hydrogens (primary N) is 1. The van der Waals surface area contributed by atoms with E-state index >= 15 is 0 Å². The van der Waals surface area contributed by atoms with Crippen LogP contribution < -0.4 is 10.5 Å². The number of amides is 2. The Kier molecular flexibility index (Phi) is 3.14. The van der Waals surface area contributed by atoms with Crippen molar-refractivity contribution in [1.82, 2.24) is 4.72 Å². The Bertz CT molecular complexity index is 209. The van der Waals surface area contributed by atoms with Gasteiger partial charge in [0.15, 0.2) is 0 Å². The van der Waals surface area contributed by atoms with Crippen LogP contribution in [-0.2, 0) is 10.0 Å². The highest BCUT2D eigenvalue weighted by molar-refractivity contribution is 7.90. The molecule has 0 fully saturated rings. The van der Waals surface area contributed by atoms with E-state index in [4.69, 9.17) is 0 Å². The average molecular weight is 166 g/mol. The van der Waals surface area contributed by atoms with Crippen LogP contribution in [0.4, 0.5) is 4.79 Å². The molecule has 0 spiro atoms. The molecule has 0 aromatic heterocycles. The maximum absolute atomic E-state index is 10.6. The lowest BCUT2D eigenvalue weighted by molar-refractivity contribution is 0.253. The second kappa shape index (κ2) is 3.40. The highest BCUT2D eigenvalue weighted by atomic mass is 32.2. The van der Waals surface area contributed by atoms with E-state index in [-0.39, 0.29) is 5.75 Å². The normalized spacial score (nSPS) is 10.9. The number of carbonyl (C=O) groups excluding carboxylic acids is 1. The van der Waals surface area contributed by atoms with Crippen molar-refractivity contribution in [2.24, 2.45) is 5.73 Å². The molecule has 6 heteroatoms. The molecule has 0 aromatic rings. The van der Waals surface area contributed by atoms with Gasteiger partial charge >= 0.3 is 6.03 Å². The number of hydrogen-bond donors (Lipinski definition) is 2. The molecule has 0 bridgehead atoms. The molecule has 0 atom stereocenters. The molecule has 10 heavy (non-hydrogen) atoms. The van der Waals surface area contributed by atoms with Gasteiger partial charge < -0.3 is 5.73 Å². The molecule has 0 unspecified atom stereocenters. The molecule has 0 radical (unpaired) electrons. The smallest absolute Gasteiger partial charge is 0.325 e. The van der Waals surface area contributed by atoms with E-state index in [0.717, 1.165) is 0 Å². The summed E-state index contributed by atoms with van der Waals surface area (Å²) in [6.07, 6.45) is 0.461. The summed E-state index contributed by atoms with van der Waals surface area (Å²) in [5.41, 5.74) is 4.58. The molecule has 0 aliphatic heterocycles. The number of rotatable bonds is 3. The number of carbonyl (C=O) groups is 1. The van der Waals surface area contributed by atoms with Gasteiger partial charge in [0.25, 0.3) is 0 Å². The fourth-order valence-electron chi connectivity index (χ4n) is 0.473. The van der Waals surface area contributed by atoms with Crippen LogP contribution in [0.2, 0.25) is 0 Å². The molecule has 0 aromatic carbocycles. The Morgan fingerprint density at radius 2 is 2.10 bits per heavy atom. The first-order valence-electron chi connectivity index (χ1n) is 2.78. The van der Waals surface area contributed by atoms with Gasteiger partial charge in [-0.3, -0.25) is 0 Å². The quantitative estimate of drug-likeness (QED) is 0.586. The number of nitrogens with one attached hydrogen (secondary N) is 1. The fraction of sp³-hybridized carbons (Fsp3) is 0.750. The summed E-state index contributed by atoms with van der Waals surface area (Å²) in [6.45, 7) is 1.69. The number of urea groups is 1. The first-order valence-corrected chi connectivity index (χ1v) is 4.43. The van der Waals surface area contributed by atoms with Gasteiger partial charge in [-0.2, -0.15) is 0 Å². The topological polar surface area (TPSA) is 89.3 Å². The molecule has 0 saturated carbocycles. The second-order valence-corrected chi connectivity index (χ2v) is 3.63. The largest absolute Gasteiger partial charge is 0.351 e. The van der Waals surface area contributed by atoms with Crippen molar-refractivity contribution >= 4 is 16.1 Å². The zero-order chi connectivity index (χ0) is 8.20.